The van der Waals surface area contributed by atoms with Gasteiger partial charge in [0.25, 0.3) is 15.9 Å². The first kappa shape index (κ1) is 21.4. The Kier molecular flexibility index (Phi) is 5.49. The Bertz CT molecular complexity index is 1360. The van der Waals surface area contributed by atoms with E-state index in [1.165, 1.54) is 0 Å². The van der Waals surface area contributed by atoms with Gasteiger partial charge in [0, 0.05) is 18.1 Å². The van der Waals surface area contributed by atoms with Crippen LogP contribution in [0.4, 0.5) is 0 Å². The van der Waals surface area contributed by atoms with E-state index in [9.17, 15) is 13.2 Å². The number of amidine groups is 1. The van der Waals surface area contributed by atoms with Crippen molar-refractivity contribution in [1.82, 2.24) is 9.88 Å². The molecule has 2 N–H and O–H groups in total. The van der Waals surface area contributed by atoms with Crippen molar-refractivity contribution < 1.29 is 17.9 Å². The van der Waals surface area contributed by atoms with Crippen molar-refractivity contribution in [3.05, 3.63) is 71.5 Å². The summed E-state index contributed by atoms with van der Waals surface area (Å²) < 4.78 is 33.6. The molecule has 33 heavy (non-hydrogen) atoms. The van der Waals surface area contributed by atoms with Crippen LogP contribution in [0, 0.1) is 0 Å². The average Bonchev–Trinajstić information content (AvgIpc) is 2.81. The highest BCUT2D eigenvalue weighted by molar-refractivity contribution is 7.89. The van der Waals surface area contributed by atoms with E-state index in [1.807, 2.05) is 35.2 Å². The fourth-order valence-electron chi connectivity index (χ4n) is 4.59. The second-order valence-electron chi connectivity index (χ2n) is 8.33. The fourth-order valence-corrected chi connectivity index (χ4v) is 5.67. The van der Waals surface area contributed by atoms with E-state index in [4.69, 9.17) is 10.5 Å². The zero-order valence-corrected chi connectivity index (χ0v) is 18.8. The van der Waals surface area contributed by atoms with Crippen molar-refractivity contribution in [3.8, 4) is 5.75 Å². The summed E-state index contributed by atoms with van der Waals surface area (Å²) in [6.45, 7) is 0.902. The molecule has 2 aromatic carbocycles. The summed E-state index contributed by atoms with van der Waals surface area (Å²) in [7, 11) is -3.62. The third kappa shape index (κ3) is 4.16. The van der Waals surface area contributed by atoms with Crippen LogP contribution in [0.5, 0.6) is 5.75 Å². The predicted octanol–water partition coefficient (Wildman–Crippen LogP) is 2.86. The third-order valence-corrected chi connectivity index (χ3v) is 7.29. The highest BCUT2D eigenvalue weighted by atomic mass is 32.2. The summed E-state index contributed by atoms with van der Waals surface area (Å²) in [4.78, 5) is 19.7. The first-order valence-electron chi connectivity index (χ1n) is 10.9. The van der Waals surface area contributed by atoms with Crippen LogP contribution in [0.1, 0.15) is 40.9 Å². The monoisotopic (exact) mass is 464 g/mol. The van der Waals surface area contributed by atoms with Crippen LogP contribution >= 0.6 is 0 Å². The molecule has 0 aliphatic carbocycles. The molecule has 2 aliphatic rings. The Balaban J connectivity index is 1.40. The van der Waals surface area contributed by atoms with Gasteiger partial charge in [0.1, 0.15) is 23.9 Å². The molecule has 1 amide bonds. The number of sulfonamides is 1. The van der Waals surface area contributed by atoms with E-state index in [0.717, 1.165) is 30.0 Å². The number of ether oxygens (including phenoxy) is 1. The number of nitrogens with two attached hydrogens (primary N) is 1. The smallest absolute Gasteiger partial charge is 0.273 e. The molecule has 0 unspecified atom stereocenters. The molecule has 8 nitrogen and oxygen atoms in total. The van der Waals surface area contributed by atoms with Crippen LogP contribution in [0.25, 0.3) is 10.8 Å². The van der Waals surface area contributed by atoms with Gasteiger partial charge in [-0.3, -0.25) is 9.78 Å². The summed E-state index contributed by atoms with van der Waals surface area (Å²) in [5.74, 6) is 0.0942. The first-order valence-corrected chi connectivity index (χ1v) is 12.5. The minimum atomic E-state index is -3.62. The molecular formula is C24H24N4O4S. The second-order valence-corrected chi connectivity index (χ2v) is 9.97. The van der Waals surface area contributed by atoms with Crippen LogP contribution in [0.15, 0.2) is 59.1 Å². The van der Waals surface area contributed by atoms with Crippen LogP contribution in [0.3, 0.4) is 0 Å². The standard InChI is InChI=1S/C24H24N4O4S/c25-23-21-17(15-33(30,31)27-23)7-5-10-20(21)32-14-18-8-3-4-13-28(18)24(29)22-19-9-2-1-6-16(19)11-12-26-22/h1-2,5-7,9-12,18H,3-4,8,13-15H2,(H2,25,27)/t18-/m1/s1. The zero-order chi connectivity index (χ0) is 23.0. The highest BCUT2D eigenvalue weighted by Gasteiger charge is 2.31. The van der Waals surface area contributed by atoms with E-state index < -0.39 is 10.0 Å². The van der Waals surface area contributed by atoms with Gasteiger partial charge in [-0.1, -0.05) is 36.4 Å². The lowest BCUT2D eigenvalue weighted by molar-refractivity contribution is 0.0524. The Morgan fingerprint density at radius 2 is 1.97 bits per heavy atom. The minimum Gasteiger partial charge on any atom is -0.491 e. The molecule has 9 heteroatoms. The lowest BCUT2D eigenvalue weighted by atomic mass is 10.0. The molecule has 1 fully saturated rings. The maximum Gasteiger partial charge on any atom is 0.273 e. The van der Waals surface area contributed by atoms with Crippen molar-refractivity contribution in [2.75, 3.05) is 13.2 Å². The van der Waals surface area contributed by atoms with Gasteiger partial charge in [-0.2, -0.15) is 0 Å². The van der Waals surface area contributed by atoms with Crippen LogP contribution < -0.4 is 10.5 Å². The van der Waals surface area contributed by atoms with Gasteiger partial charge in [0.2, 0.25) is 0 Å². The molecule has 1 atom stereocenters. The topological polar surface area (TPSA) is 115 Å². The van der Waals surface area contributed by atoms with E-state index in [0.29, 0.717) is 29.1 Å². The Morgan fingerprint density at radius 3 is 2.85 bits per heavy atom. The van der Waals surface area contributed by atoms with Crippen molar-refractivity contribution in [3.63, 3.8) is 0 Å². The van der Waals surface area contributed by atoms with Crippen molar-refractivity contribution >= 4 is 32.5 Å². The van der Waals surface area contributed by atoms with E-state index >= 15 is 0 Å². The number of hydrogen-bond donors (Lipinski definition) is 1. The number of nitrogens with zero attached hydrogens (tertiary/aromatic N) is 3. The number of aromatic nitrogens is 1. The molecule has 2 aliphatic heterocycles. The number of amides is 1. The van der Waals surface area contributed by atoms with Crippen LogP contribution in [0.2, 0.25) is 0 Å². The van der Waals surface area contributed by atoms with Crippen LogP contribution in [-0.4, -0.2) is 49.2 Å². The second kappa shape index (κ2) is 8.47. The Labute approximate surface area is 192 Å². The van der Waals surface area contributed by atoms with Gasteiger partial charge in [0.05, 0.1) is 17.4 Å². The molecule has 5 rings (SSSR count). The molecule has 3 aromatic rings. The van der Waals surface area contributed by atoms with E-state index in [-0.39, 0.29) is 30.1 Å². The minimum absolute atomic E-state index is 0.0663. The highest BCUT2D eigenvalue weighted by Crippen LogP contribution is 2.29. The number of piperidine rings is 1. The maximum atomic E-state index is 13.5. The number of hydrogen-bond acceptors (Lipinski definition) is 6. The summed E-state index contributed by atoms with van der Waals surface area (Å²) >= 11 is 0. The SMILES string of the molecule is NC1=NS(=O)(=O)Cc2cccc(OC[C@H]3CCCCN3C(=O)c3nccc4ccccc34)c21. The first-order chi connectivity index (χ1) is 15.9. The Morgan fingerprint density at radius 1 is 1.12 bits per heavy atom. The molecule has 0 saturated carbocycles. The van der Waals surface area contributed by atoms with Crippen LogP contribution in [-0.2, 0) is 15.8 Å². The van der Waals surface area contributed by atoms with Gasteiger partial charge in [-0.25, -0.2) is 8.42 Å². The zero-order valence-electron chi connectivity index (χ0n) is 18.0. The number of fused-ring (bicyclic) bond motifs is 2. The van der Waals surface area contributed by atoms with Crippen molar-refractivity contribution in [2.45, 2.75) is 31.1 Å². The molecule has 3 heterocycles. The van der Waals surface area contributed by atoms with Gasteiger partial charge < -0.3 is 15.4 Å². The van der Waals surface area contributed by atoms with Gasteiger partial charge in [0.15, 0.2) is 0 Å². The predicted molar refractivity (Wildman–Crippen MR) is 126 cm³/mol. The quantitative estimate of drug-likeness (QED) is 0.635. The summed E-state index contributed by atoms with van der Waals surface area (Å²) in [6, 6.07) is 14.7. The van der Waals surface area contributed by atoms with Gasteiger partial charge >= 0.3 is 0 Å². The number of carbonyl (C=O) groups is 1. The number of carbonyl (C=O) groups excluding carboxylic acids is 1. The molecule has 1 aromatic heterocycles. The molecule has 1 saturated heterocycles. The summed E-state index contributed by atoms with van der Waals surface area (Å²) in [5, 5.41) is 1.80. The summed E-state index contributed by atoms with van der Waals surface area (Å²) in [5.41, 5.74) is 7.47. The Hall–Kier alpha value is -3.46. The number of pyridine rings is 1. The number of rotatable bonds is 4. The van der Waals surface area contributed by atoms with Gasteiger partial charge in [-0.15, -0.1) is 4.40 Å². The largest absolute Gasteiger partial charge is 0.491 e. The number of benzene rings is 2. The normalized spacial score (nSPS) is 19.6. The van der Waals surface area contributed by atoms with Gasteiger partial charge in [-0.05, 0) is 42.3 Å². The molecular weight excluding hydrogens is 440 g/mol. The average molecular weight is 465 g/mol. The lowest BCUT2D eigenvalue weighted by Gasteiger charge is -2.35. The van der Waals surface area contributed by atoms with E-state index in [2.05, 4.69) is 9.38 Å². The third-order valence-electron chi connectivity index (χ3n) is 6.14. The molecule has 0 radical (unpaired) electrons. The number of likely N-dealkylation sites (tertiary alicyclic amines) is 1. The lowest BCUT2D eigenvalue weighted by Crippen LogP contribution is -2.47. The van der Waals surface area contributed by atoms with Crippen molar-refractivity contribution in [1.29, 1.82) is 0 Å². The van der Waals surface area contributed by atoms with E-state index in [1.54, 1.807) is 24.4 Å². The molecule has 170 valence electrons. The molecule has 0 bridgehead atoms. The fraction of sp³-hybridized carbons (Fsp3) is 0.292. The van der Waals surface area contributed by atoms with Crippen molar-refractivity contribution in [2.24, 2.45) is 10.1 Å². The summed E-state index contributed by atoms with van der Waals surface area (Å²) in [6.07, 6.45) is 4.39. The maximum absolute atomic E-state index is 13.5. The molecule has 0 spiro atoms.